The maximum Gasteiger partial charge on any atom is 0.387 e. The number of hydrogen-bond acceptors (Lipinski definition) is 4. The van der Waals surface area contributed by atoms with Crippen LogP contribution in [-0.4, -0.2) is 36.4 Å². The van der Waals surface area contributed by atoms with Gasteiger partial charge in [-0.3, -0.25) is 9.59 Å². The molecule has 1 heterocycles. The quantitative estimate of drug-likeness (QED) is 0.763. The highest BCUT2D eigenvalue weighted by Gasteiger charge is 2.28. The topological polar surface area (TPSA) is 71.8 Å². The monoisotopic (exact) mass is 380 g/mol. The van der Waals surface area contributed by atoms with Crippen molar-refractivity contribution >= 4 is 11.8 Å². The van der Waals surface area contributed by atoms with Crippen molar-refractivity contribution in [3.8, 4) is 5.75 Å². The van der Waals surface area contributed by atoms with Gasteiger partial charge in [0.05, 0.1) is 6.26 Å². The van der Waals surface area contributed by atoms with E-state index >= 15 is 0 Å². The first kappa shape index (κ1) is 20.4. The van der Waals surface area contributed by atoms with E-state index in [0.717, 1.165) is 5.56 Å². The molecular formula is C19H22F2N2O4. The van der Waals surface area contributed by atoms with Crippen LogP contribution in [0.4, 0.5) is 8.78 Å². The van der Waals surface area contributed by atoms with Crippen LogP contribution in [0.2, 0.25) is 0 Å². The molecule has 146 valence electrons. The highest BCUT2D eigenvalue weighted by atomic mass is 19.3. The minimum atomic E-state index is -2.88. The Hall–Kier alpha value is -2.90. The zero-order valence-electron chi connectivity index (χ0n) is 15.3. The molecule has 1 unspecified atom stereocenters. The lowest BCUT2D eigenvalue weighted by Crippen LogP contribution is -2.49. The fourth-order valence-corrected chi connectivity index (χ4v) is 2.50. The third-order valence-corrected chi connectivity index (χ3v) is 3.91. The van der Waals surface area contributed by atoms with E-state index < -0.39 is 18.6 Å². The third kappa shape index (κ3) is 5.80. The molecular weight excluding hydrogens is 358 g/mol. The molecule has 2 rings (SSSR count). The number of nitrogens with zero attached hydrogens (tertiary/aromatic N) is 1. The predicted molar refractivity (Wildman–Crippen MR) is 94.3 cm³/mol. The van der Waals surface area contributed by atoms with Crippen molar-refractivity contribution in [2.24, 2.45) is 5.92 Å². The summed E-state index contributed by atoms with van der Waals surface area (Å²) in [5.41, 5.74) is 0.743. The number of alkyl halides is 2. The standard InChI is InChI=1S/C19H22F2N2O4/c1-12(2)16(22-17(24)15-5-4-10-26-15)18(25)23(3)11-13-6-8-14(9-7-13)27-19(20)21/h4-10,12,16,19H,11H2,1-3H3,(H,22,24). The normalized spacial score (nSPS) is 12.1. The Morgan fingerprint density at radius 3 is 2.37 bits per heavy atom. The number of halogens is 2. The Labute approximate surface area is 156 Å². The molecule has 0 aliphatic heterocycles. The number of ether oxygens (including phenoxy) is 1. The smallest absolute Gasteiger partial charge is 0.387 e. The van der Waals surface area contributed by atoms with Gasteiger partial charge in [-0.05, 0) is 35.7 Å². The van der Waals surface area contributed by atoms with E-state index in [-0.39, 0.29) is 29.9 Å². The van der Waals surface area contributed by atoms with Gasteiger partial charge in [-0.25, -0.2) is 0 Å². The lowest BCUT2D eigenvalue weighted by Gasteiger charge is -2.27. The summed E-state index contributed by atoms with van der Waals surface area (Å²) in [4.78, 5) is 26.4. The van der Waals surface area contributed by atoms with Crippen LogP contribution in [0.3, 0.4) is 0 Å². The Bertz CT molecular complexity index is 746. The van der Waals surface area contributed by atoms with Crippen molar-refractivity contribution < 1.29 is 27.5 Å². The Kier molecular flexibility index (Phi) is 6.92. The number of hydrogen-bond donors (Lipinski definition) is 1. The lowest BCUT2D eigenvalue weighted by molar-refractivity contribution is -0.133. The SMILES string of the molecule is CC(C)C(NC(=O)c1ccco1)C(=O)N(C)Cc1ccc(OC(F)F)cc1. The fraction of sp³-hybridized carbons (Fsp3) is 0.368. The summed E-state index contributed by atoms with van der Waals surface area (Å²) in [6.45, 7) is 1.03. The van der Waals surface area contributed by atoms with Crippen LogP contribution in [-0.2, 0) is 11.3 Å². The zero-order chi connectivity index (χ0) is 20.0. The van der Waals surface area contributed by atoms with Gasteiger partial charge in [0.1, 0.15) is 11.8 Å². The molecule has 0 saturated heterocycles. The van der Waals surface area contributed by atoms with Crippen LogP contribution in [0.15, 0.2) is 47.1 Å². The second-order valence-corrected chi connectivity index (χ2v) is 6.39. The summed E-state index contributed by atoms with van der Waals surface area (Å²) in [5, 5.41) is 2.69. The van der Waals surface area contributed by atoms with E-state index in [9.17, 15) is 18.4 Å². The average Bonchev–Trinajstić information content (AvgIpc) is 3.14. The summed E-state index contributed by atoms with van der Waals surface area (Å²) < 4.78 is 33.7. The summed E-state index contributed by atoms with van der Waals surface area (Å²) in [6.07, 6.45) is 1.38. The van der Waals surface area contributed by atoms with E-state index in [1.165, 1.54) is 29.4 Å². The highest BCUT2D eigenvalue weighted by Crippen LogP contribution is 2.16. The Morgan fingerprint density at radius 2 is 1.85 bits per heavy atom. The Morgan fingerprint density at radius 1 is 1.19 bits per heavy atom. The molecule has 0 spiro atoms. The van der Waals surface area contributed by atoms with Gasteiger partial charge in [-0.15, -0.1) is 0 Å². The molecule has 1 aromatic heterocycles. The summed E-state index contributed by atoms with van der Waals surface area (Å²) >= 11 is 0. The average molecular weight is 380 g/mol. The highest BCUT2D eigenvalue weighted by molar-refractivity contribution is 5.95. The maximum atomic E-state index is 12.8. The molecule has 2 aromatic rings. The van der Waals surface area contributed by atoms with Crippen molar-refractivity contribution in [2.75, 3.05) is 7.05 Å². The molecule has 1 atom stereocenters. The zero-order valence-corrected chi connectivity index (χ0v) is 15.3. The second kappa shape index (κ2) is 9.16. The minimum Gasteiger partial charge on any atom is -0.459 e. The van der Waals surface area contributed by atoms with Gasteiger partial charge >= 0.3 is 6.61 Å². The molecule has 6 nitrogen and oxygen atoms in total. The molecule has 0 aliphatic rings. The fourth-order valence-electron chi connectivity index (χ4n) is 2.50. The number of likely N-dealkylation sites (N-methyl/N-ethyl adjacent to an activating group) is 1. The van der Waals surface area contributed by atoms with Gasteiger partial charge in [0.25, 0.3) is 5.91 Å². The molecule has 8 heteroatoms. The van der Waals surface area contributed by atoms with Crippen molar-refractivity contribution in [1.29, 1.82) is 0 Å². The van der Waals surface area contributed by atoms with Gasteiger partial charge in [0, 0.05) is 13.6 Å². The number of rotatable bonds is 8. The van der Waals surface area contributed by atoms with Gasteiger partial charge in [0.2, 0.25) is 5.91 Å². The number of carbonyl (C=O) groups excluding carboxylic acids is 2. The molecule has 0 fully saturated rings. The largest absolute Gasteiger partial charge is 0.459 e. The van der Waals surface area contributed by atoms with E-state index in [0.29, 0.717) is 0 Å². The molecule has 2 amide bonds. The molecule has 0 radical (unpaired) electrons. The van der Waals surface area contributed by atoms with Crippen molar-refractivity contribution in [3.05, 3.63) is 54.0 Å². The predicted octanol–water partition coefficient (Wildman–Crippen LogP) is 3.29. The van der Waals surface area contributed by atoms with Gasteiger partial charge in [-0.1, -0.05) is 26.0 Å². The first-order chi connectivity index (χ1) is 12.8. The first-order valence-electron chi connectivity index (χ1n) is 8.41. The summed E-state index contributed by atoms with van der Waals surface area (Å²) in [5.74, 6) is -0.688. The molecule has 0 aliphatic carbocycles. The van der Waals surface area contributed by atoms with Crippen LogP contribution in [0.25, 0.3) is 0 Å². The van der Waals surface area contributed by atoms with Gasteiger partial charge < -0.3 is 19.4 Å². The lowest BCUT2D eigenvalue weighted by atomic mass is 10.0. The number of carbonyl (C=O) groups is 2. The van der Waals surface area contributed by atoms with Crippen LogP contribution >= 0.6 is 0 Å². The second-order valence-electron chi connectivity index (χ2n) is 6.39. The van der Waals surface area contributed by atoms with E-state index in [4.69, 9.17) is 4.42 Å². The van der Waals surface area contributed by atoms with Gasteiger partial charge in [0.15, 0.2) is 5.76 Å². The van der Waals surface area contributed by atoms with Crippen molar-refractivity contribution in [3.63, 3.8) is 0 Å². The third-order valence-electron chi connectivity index (χ3n) is 3.91. The van der Waals surface area contributed by atoms with Gasteiger partial charge in [-0.2, -0.15) is 8.78 Å². The first-order valence-corrected chi connectivity index (χ1v) is 8.41. The molecule has 27 heavy (non-hydrogen) atoms. The molecule has 1 aromatic carbocycles. The number of nitrogens with one attached hydrogen (secondary N) is 1. The molecule has 0 bridgehead atoms. The number of furan rings is 1. The van der Waals surface area contributed by atoms with E-state index in [2.05, 4.69) is 10.1 Å². The number of benzene rings is 1. The van der Waals surface area contributed by atoms with Crippen molar-refractivity contribution in [1.82, 2.24) is 10.2 Å². The maximum absolute atomic E-state index is 12.8. The Balaban J connectivity index is 2.01. The van der Waals surface area contributed by atoms with E-state index in [1.807, 2.05) is 13.8 Å². The molecule has 0 saturated carbocycles. The van der Waals surface area contributed by atoms with Crippen LogP contribution in [0.5, 0.6) is 5.75 Å². The number of amides is 2. The van der Waals surface area contributed by atoms with Crippen LogP contribution < -0.4 is 10.1 Å². The minimum absolute atomic E-state index is 0.0495. The van der Waals surface area contributed by atoms with Crippen molar-refractivity contribution in [2.45, 2.75) is 33.0 Å². The van der Waals surface area contributed by atoms with E-state index in [1.54, 1.807) is 25.2 Å². The summed E-state index contributed by atoms with van der Waals surface area (Å²) in [6, 6.07) is 8.42. The summed E-state index contributed by atoms with van der Waals surface area (Å²) in [7, 11) is 1.61. The molecule has 1 N–H and O–H groups in total. The van der Waals surface area contributed by atoms with Crippen LogP contribution in [0.1, 0.15) is 30.0 Å². The van der Waals surface area contributed by atoms with Crippen LogP contribution in [0, 0.1) is 5.92 Å².